The topological polar surface area (TPSA) is 63.8 Å². The van der Waals surface area contributed by atoms with Crippen molar-refractivity contribution in [1.29, 1.82) is 0 Å². The molecule has 0 radical (unpaired) electrons. The van der Waals surface area contributed by atoms with Crippen LogP contribution in [0.4, 0.5) is 19.1 Å². The number of nitrogen functional groups attached to an aromatic ring is 1. The first-order valence-electron chi connectivity index (χ1n) is 4.46. The second kappa shape index (κ2) is 4.93. The number of rotatable bonds is 3. The maximum atomic E-state index is 12.5. The highest BCUT2D eigenvalue weighted by Crippen LogP contribution is 2.30. The Morgan fingerprint density at radius 1 is 1.50 bits per heavy atom. The highest BCUT2D eigenvalue weighted by Gasteiger charge is 2.35. The van der Waals surface area contributed by atoms with Gasteiger partial charge in [-0.3, -0.25) is 0 Å². The summed E-state index contributed by atoms with van der Waals surface area (Å²) in [6.07, 6.45) is -0.628. The second-order valence-corrected chi connectivity index (χ2v) is 2.99. The van der Waals surface area contributed by atoms with Gasteiger partial charge in [0.1, 0.15) is 0 Å². The van der Waals surface area contributed by atoms with Gasteiger partial charge in [-0.25, -0.2) is 9.97 Å². The largest absolute Gasteiger partial charge is 0.434 e. The molecule has 0 saturated carbocycles. The number of aromatic nitrogens is 2. The van der Waals surface area contributed by atoms with Crippen LogP contribution in [0.15, 0.2) is 12.3 Å². The van der Waals surface area contributed by atoms with Gasteiger partial charge in [0.25, 0.3) is 0 Å². The first-order valence-corrected chi connectivity index (χ1v) is 4.46. The molecule has 0 spiro atoms. The molecule has 1 rings (SSSR count). The van der Waals surface area contributed by atoms with E-state index in [9.17, 15) is 13.2 Å². The third-order valence-electron chi connectivity index (χ3n) is 1.72. The van der Waals surface area contributed by atoms with Crippen molar-refractivity contribution in [3.63, 3.8) is 0 Å². The van der Waals surface area contributed by atoms with Crippen molar-refractivity contribution in [3.8, 4) is 0 Å². The van der Waals surface area contributed by atoms with Crippen molar-refractivity contribution in [2.45, 2.75) is 6.18 Å². The Morgan fingerprint density at radius 2 is 2.19 bits per heavy atom. The lowest BCUT2D eigenvalue weighted by atomic mass is 10.2. The van der Waals surface area contributed by atoms with E-state index in [0.717, 1.165) is 6.20 Å². The van der Waals surface area contributed by atoms with Gasteiger partial charge >= 0.3 is 6.18 Å². The van der Waals surface area contributed by atoms with Crippen molar-refractivity contribution in [2.24, 2.45) is 0 Å². The summed E-state index contributed by atoms with van der Waals surface area (Å²) in [6, 6.07) is 0. The minimum atomic E-state index is -4.53. The SMILES string of the molecule is CNCC=Cc1cnc(N)nc1C(F)(F)F. The molecular formula is C9H11F3N4. The molecule has 7 heteroatoms. The number of anilines is 1. The van der Waals surface area contributed by atoms with Gasteiger partial charge in [0.05, 0.1) is 0 Å². The van der Waals surface area contributed by atoms with E-state index in [1.165, 1.54) is 6.08 Å². The number of hydrogen-bond donors (Lipinski definition) is 2. The van der Waals surface area contributed by atoms with E-state index in [1.807, 2.05) is 0 Å². The molecule has 0 bridgehead atoms. The monoisotopic (exact) mass is 232 g/mol. The van der Waals surface area contributed by atoms with Gasteiger partial charge in [-0.2, -0.15) is 13.2 Å². The normalized spacial score (nSPS) is 12.2. The van der Waals surface area contributed by atoms with E-state index in [2.05, 4.69) is 15.3 Å². The Balaban J connectivity index is 3.08. The number of hydrogen-bond acceptors (Lipinski definition) is 4. The fourth-order valence-corrected chi connectivity index (χ4v) is 1.06. The van der Waals surface area contributed by atoms with Crippen LogP contribution in [0.5, 0.6) is 0 Å². The van der Waals surface area contributed by atoms with Crippen LogP contribution in [-0.4, -0.2) is 23.6 Å². The van der Waals surface area contributed by atoms with Gasteiger partial charge in [-0.05, 0) is 7.05 Å². The van der Waals surface area contributed by atoms with E-state index in [4.69, 9.17) is 5.73 Å². The number of alkyl halides is 3. The molecule has 88 valence electrons. The summed E-state index contributed by atoms with van der Waals surface area (Å²) in [5, 5.41) is 2.77. The maximum absolute atomic E-state index is 12.5. The molecule has 0 atom stereocenters. The minimum absolute atomic E-state index is 0.100. The van der Waals surface area contributed by atoms with E-state index >= 15 is 0 Å². The van der Waals surface area contributed by atoms with E-state index in [0.29, 0.717) is 6.54 Å². The van der Waals surface area contributed by atoms with Crippen LogP contribution in [0.3, 0.4) is 0 Å². The smallest absolute Gasteiger partial charge is 0.368 e. The first-order chi connectivity index (χ1) is 7.45. The number of nitrogens with two attached hydrogens (primary N) is 1. The van der Waals surface area contributed by atoms with Gasteiger partial charge < -0.3 is 11.1 Å². The van der Waals surface area contributed by atoms with E-state index in [1.54, 1.807) is 13.1 Å². The molecular weight excluding hydrogens is 221 g/mol. The van der Waals surface area contributed by atoms with Crippen LogP contribution in [0, 0.1) is 0 Å². The number of nitrogens with zero attached hydrogens (tertiary/aromatic N) is 2. The fraction of sp³-hybridized carbons (Fsp3) is 0.333. The zero-order chi connectivity index (χ0) is 12.2. The molecule has 0 aliphatic carbocycles. The fourth-order valence-electron chi connectivity index (χ4n) is 1.06. The highest BCUT2D eigenvalue weighted by atomic mass is 19.4. The van der Waals surface area contributed by atoms with Crippen molar-refractivity contribution >= 4 is 12.0 Å². The lowest BCUT2D eigenvalue weighted by Crippen LogP contribution is -2.13. The number of halogens is 3. The summed E-state index contributed by atoms with van der Waals surface area (Å²) < 4.78 is 37.6. The molecule has 16 heavy (non-hydrogen) atoms. The third-order valence-corrected chi connectivity index (χ3v) is 1.72. The first kappa shape index (κ1) is 12.4. The van der Waals surface area contributed by atoms with Gasteiger partial charge in [-0.15, -0.1) is 0 Å². The summed E-state index contributed by atoms with van der Waals surface area (Å²) in [7, 11) is 1.69. The summed E-state index contributed by atoms with van der Waals surface area (Å²) >= 11 is 0. The lowest BCUT2D eigenvalue weighted by molar-refractivity contribution is -0.141. The Labute approximate surface area is 90.4 Å². The molecule has 1 heterocycles. The summed E-state index contributed by atoms with van der Waals surface area (Å²) in [5.41, 5.74) is 4.00. The van der Waals surface area contributed by atoms with Crippen LogP contribution in [-0.2, 0) is 6.18 Å². The molecule has 4 nitrogen and oxygen atoms in total. The van der Waals surface area contributed by atoms with Crippen LogP contribution >= 0.6 is 0 Å². The zero-order valence-corrected chi connectivity index (χ0v) is 8.54. The molecule has 0 aliphatic rings. The Morgan fingerprint density at radius 3 is 2.75 bits per heavy atom. The van der Waals surface area contributed by atoms with Crippen LogP contribution in [0.1, 0.15) is 11.3 Å². The van der Waals surface area contributed by atoms with Crippen molar-refractivity contribution in [3.05, 3.63) is 23.5 Å². The van der Waals surface area contributed by atoms with Crippen molar-refractivity contribution in [1.82, 2.24) is 15.3 Å². The molecule has 0 amide bonds. The van der Waals surface area contributed by atoms with Gasteiger partial charge in [0.15, 0.2) is 5.69 Å². The standard InChI is InChI=1S/C9H11F3N4/c1-14-4-2-3-6-5-15-8(13)16-7(6)9(10,11)12/h2-3,5,14H,4H2,1H3,(H2,13,15,16). The zero-order valence-electron chi connectivity index (χ0n) is 8.54. The molecule has 0 aliphatic heterocycles. The van der Waals surface area contributed by atoms with E-state index < -0.39 is 17.8 Å². The average molecular weight is 232 g/mol. The van der Waals surface area contributed by atoms with Crippen LogP contribution in [0.2, 0.25) is 0 Å². The maximum Gasteiger partial charge on any atom is 0.434 e. The van der Waals surface area contributed by atoms with Gasteiger partial charge in [0, 0.05) is 18.3 Å². The third kappa shape index (κ3) is 3.20. The molecule has 0 aromatic carbocycles. The summed E-state index contributed by atoms with van der Waals surface area (Å²) in [6.45, 7) is 0.460. The van der Waals surface area contributed by atoms with E-state index in [-0.39, 0.29) is 5.56 Å². The van der Waals surface area contributed by atoms with Gasteiger partial charge in [0.2, 0.25) is 5.95 Å². The Hall–Kier alpha value is -1.63. The van der Waals surface area contributed by atoms with Crippen LogP contribution in [0.25, 0.3) is 6.08 Å². The Kier molecular flexibility index (Phi) is 3.83. The second-order valence-electron chi connectivity index (χ2n) is 2.99. The average Bonchev–Trinajstić information content (AvgIpc) is 2.19. The predicted octanol–water partition coefficient (Wildman–Crippen LogP) is 1.31. The molecule has 1 aromatic rings. The van der Waals surface area contributed by atoms with Crippen molar-refractivity contribution < 1.29 is 13.2 Å². The highest BCUT2D eigenvalue weighted by molar-refractivity contribution is 5.52. The summed E-state index contributed by atoms with van der Waals surface area (Å²) in [4.78, 5) is 6.72. The van der Waals surface area contributed by atoms with Crippen molar-refractivity contribution in [2.75, 3.05) is 19.3 Å². The minimum Gasteiger partial charge on any atom is -0.368 e. The summed E-state index contributed by atoms with van der Waals surface area (Å²) in [5.74, 6) is -0.391. The Bertz CT molecular complexity index is 387. The van der Waals surface area contributed by atoms with Crippen LogP contribution < -0.4 is 11.1 Å². The quantitative estimate of drug-likeness (QED) is 0.824. The number of likely N-dealkylation sites (N-methyl/N-ethyl adjacent to an activating group) is 1. The molecule has 3 N–H and O–H groups in total. The molecule has 0 saturated heterocycles. The molecule has 0 fully saturated rings. The molecule has 1 aromatic heterocycles. The number of nitrogens with one attached hydrogen (secondary N) is 1. The predicted molar refractivity (Wildman–Crippen MR) is 54.4 cm³/mol. The van der Waals surface area contributed by atoms with Gasteiger partial charge in [-0.1, -0.05) is 12.2 Å². The molecule has 0 unspecified atom stereocenters. The lowest BCUT2D eigenvalue weighted by Gasteiger charge is -2.08.